The molecular weight excluding hydrogens is 660 g/mol. The lowest BCUT2D eigenvalue weighted by Crippen LogP contribution is -2.23. The summed E-state index contributed by atoms with van der Waals surface area (Å²) in [6.07, 6.45) is 3.86. The smallest absolute Gasteiger partial charge is 0.272 e. The van der Waals surface area contributed by atoms with Crippen molar-refractivity contribution in [2.75, 3.05) is 21.2 Å². The molecule has 0 spiro atoms. The number of hydrogen-bond donors (Lipinski definition) is 0. The number of aromatic nitrogens is 4. The van der Waals surface area contributed by atoms with Gasteiger partial charge in [0.15, 0.2) is 5.65 Å². The lowest BCUT2D eigenvalue weighted by Gasteiger charge is -2.09. The summed E-state index contributed by atoms with van der Waals surface area (Å²) in [6, 6.07) is 11.8. The number of nitrogens with zero attached hydrogens (tertiary/aromatic N) is 5. The number of fused-ring (bicyclic) bond motifs is 1. The molecule has 31 heavy (non-hydrogen) atoms. The van der Waals surface area contributed by atoms with Crippen molar-refractivity contribution in [3.8, 4) is 28.1 Å². The van der Waals surface area contributed by atoms with Gasteiger partial charge in [-0.15, -0.1) is 0 Å². The Morgan fingerprint density at radius 2 is 1.90 bits per heavy atom. The van der Waals surface area contributed by atoms with Gasteiger partial charge >= 0.3 is 0 Å². The first kappa shape index (κ1) is 22.7. The fraction of sp³-hybridized carbons (Fsp3) is 0.150. The van der Waals surface area contributed by atoms with Crippen LogP contribution < -0.4 is 4.74 Å². The molecule has 3 aromatic heterocycles. The van der Waals surface area contributed by atoms with Crippen molar-refractivity contribution in [1.29, 1.82) is 0 Å². The summed E-state index contributed by atoms with van der Waals surface area (Å²) < 4.78 is 9.25. The SMILES string of the molecule is COc1ccccc1-c1cn(SI)c2ncc(-c3cc(C(=O)N(C)C)n(SI)n3)cc12. The van der Waals surface area contributed by atoms with E-state index >= 15 is 0 Å². The second kappa shape index (κ2) is 9.58. The van der Waals surface area contributed by atoms with E-state index in [4.69, 9.17) is 9.72 Å². The average molecular weight is 677 g/mol. The first-order valence-corrected chi connectivity index (χ1v) is 15.7. The number of ether oxygens (including phenoxy) is 1. The Morgan fingerprint density at radius 1 is 1.13 bits per heavy atom. The minimum absolute atomic E-state index is 0.0980. The Balaban J connectivity index is 1.90. The van der Waals surface area contributed by atoms with Crippen molar-refractivity contribution < 1.29 is 9.53 Å². The summed E-state index contributed by atoms with van der Waals surface area (Å²) >= 11 is 4.37. The van der Waals surface area contributed by atoms with Gasteiger partial charge in [0.05, 0.1) is 12.8 Å². The number of carbonyl (C=O) groups is 1. The zero-order valence-corrected chi connectivity index (χ0v) is 22.7. The van der Waals surface area contributed by atoms with E-state index in [9.17, 15) is 4.79 Å². The van der Waals surface area contributed by atoms with Crippen LogP contribution in [0.15, 0.2) is 48.8 Å². The zero-order chi connectivity index (χ0) is 22.1. The van der Waals surface area contributed by atoms with Crippen molar-refractivity contribution in [3.63, 3.8) is 0 Å². The quantitative estimate of drug-likeness (QED) is 0.235. The van der Waals surface area contributed by atoms with Crippen LogP contribution in [0.2, 0.25) is 0 Å². The molecular formula is C20H17I2N5O2S2. The van der Waals surface area contributed by atoms with E-state index in [2.05, 4.69) is 59.8 Å². The average Bonchev–Trinajstić information content (AvgIpc) is 3.39. The number of amides is 1. The van der Waals surface area contributed by atoms with Crippen molar-refractivity contribution in [1.82, 2.24) is 23.0 Å². The van der Waals surface area contributed by atoms with Gasteiger partial charge in [-0.3, -0.25) is 8.77 Å². The molecule has 0 aliphatic rings. The predicted molar refractivity (Wildman–Crippen MR) is 145 cm³/mol. The normalized spacial score (nSPS) is 11.1. The van der Waals surface area contributed by atoms with Crippen LogP contribution in [-0.2, 0) is 0 Å². The van der Waals surface area contributed by atoms with Gasteiger partial charge in [0.2, 0.25) is 0 Å². The summed E-state index contributed by atoms with van der Waals surface area (Å²) in [5, 5.41) is 5.61. The lowest BCUT2D eigenvalue weighted by atomic mass is 10.0. The van der Waals surface area contributed by atoms with E-state index < -0.39 is 0 Å². The highest BCUT2D eigenvalue weighted by molar-refractivity contribution is 14.2. The fourth-order valence-electron chi connectivity index (χ4n) is 3.29. The molecule has 4 rings (SSSR count). The number of rotatable bonds is 6. The molecule has 0 fully saturated rings. The van der Waals surface area contributed by atoms with Gasteiger partial charge in [-0.1, -0.05) is 18.2 Å². The van der Waals surface area contributed by atoms with E-state index in [0.29, 0.717) is 11.4 Å². The van der Waals surface area contributed by atoms with E-state index in [1.807, 2.05) is 34.3 Å². The zero-order valence-electron chi connectivity index (χ0n) is 16.7. The maximum Gasteiger partial charge on any atom is 0.272 e. The van der Waals surface area contributed by atoms with E-state index in [-0.39, 0.29) is 5.91 Å². The summed E-state index contributed by atoms with van der Waals surface area (Å²) in [5.74, 6) is 0.703. The molecule has 4 aromatic rings. The minimum atomic E-state index is -0.0980. The van der Waals surface area contributed by atoms with Crippen molar-refractivity contribution in [2.24, 2.45) is 0 Å². The van der Waals surface area contributed by atoms with Crippen molar-refractivity contribution >= 4 is 77.6 Å². The molecule has 1 aromatic carbocycles. The predicted octanol–water partition coefficient (Wildman–Crippen LogP) is 5.97. The third kappa shape index (κ3) is 4.28. The Bertz CT molecular complexity index is 1270. The molecule has 0 bridgehead atoms. The van der Waals surface area contributed by atoms with Gasteiger partial charge in [-0.05, 0) is 18.2 Å². The van der Waals surface area contributed by atoms with E-state index in [1.165, 1.54) is 9.12 Å². The molecule has 0 radical (unpaired) electrons. The van der Waals surface area contributed by atoms with Gasteiger partial charge in [0, 0.05) is 109 Å². The van der Waals surface area contributed by atoms with Crippen LogP contribution in [0, 0.1) is 0 Å². The van der Waals surface area contributed by atoms with Gasteiger partial charge in [0.1, 0.15) is 11.4 Å². The van der Waals surface area contributed by atoms with Crippen LogP contribution in [0.1, 0.15) is 10.5 Å². The molecule has 0 saturated heterocycles. The summed E-state index contributed by atoms with van der Waals surface area (Å²) in [7, 11) is 8.05. The van der Waals surface area contributed by atoms with Gasteiger partial charge < -0.3 is 9.64 Å². The second-order valence-corrected chi connectivity index (χ2v) is 10.2. The monoisotopic (exact) mass is 677 g/mol. The molecule has 11 heteroatoms. The van der Waals surface area contributed by atoms with Gasteiger partial charge in [-0.25, -0.2) is 4.98 Å². The number of para-hydroxylation sites is 1. The lowest BCUT2D eigenvalue weighted by molar-refractivity contribution is 0.0820. The number of carbonyl (C=O) groups excluding carboxylic acids is 1. The van der Waals surface area contributed by atoms with Crippen LogP contribution in [-0.4, -0.2) is 50.2 Å². The Morgan fingerprint density at radius 3 is 2.58 bits per heavy atom. The molecule has 1 amide bonds. The minimum Gasteiger partial charge on any atom is -0.496 e. The first-order chi connectivity index (χ1) is 15.0. The molecule has 0 atom stereocenters. The Hall–Kier alpha value is -1.45. The second-order valence-electron chi connectivity index (χ2n) is 6.79. The third-order valence-corrected chi connectivity index (χ3v) is 7.98. The van der Waals surface area contributed by atoms with Crippen LogP contribution in [0.5, 0.6) is 5.75 Å². The molecule has 160 valence electrons. The molecule has 0 saturated carbocycles. The first-order valence-electron chi connectivity index (χ1n) is 9.03. The van der Waals surface area contributed by atoms with E-state index in [1.54, 1.807) is 45.5 Å². The number of benzene rings is 1. The topological polar surface area (TPSA) is 65.2 Å². The van der Waals surface area contributed by atoms with Crippen LogP contribution >= 0.6 is 60.6 Å². The highest BCUT2D eigenvalue weighted by atomic mass is 127. The van der Waals surface area contributed by atoms with Crippen LogP contribution in [0.4, 0.5) is 0 Å². The maximum atomic E-state index is 12.5. The highest BCUT2D eigenvalue weighted by Crippen LogP contribution is 2.39. The molecule has 0 unspecified atom stereocenters. The number of hydrogen-bond acceptors (Lipinski definition) is 6. The van der Waals surface area contributed by atoms with Gasteiger partial charge in [-0.2, -0.15) is 9.19 Å². The van der Waals surface area contributed by atoms with Crippen molar-refractivity contribution in [3.05, 3.63) is 54.5 Å². The molecule has 7 nitrogen and oxygen atoms in total. The maximum absolute atomic E-state index is 12.5. The number of methoxy groups -OCH3 is 1. The molecule has 0 aliphatic carbocycles. The fourth-order valence-corrected chi connectivity index (χ4v) is 5.77. The number of halogens is 2. The van der Waals surface area contributed by atoms with Crippen LogP contribution in [0.3, 0.4) is 0 Å². The Labute approximate surface area is 212 Å². The summed E-state index contributed by atoms with van der Waals surface area (Å²) in [6.45, 7) is 0. The Kier molecular flexibility index (Phi) is 7.03. The third-order valence-electron chi connectivity index (χ3n) is 4.75. The van der Waals surface area contributed by atoms with E-state index in [0.717, 1.165) is 33.5 Å². The standard InChI is InChI=1S/C20H17I2N5O2S2/c1-25(2)20(28)17-9-16(24-27(17)31-22)12-8-14-15(11-26(30-21)19(14)23-10-12)13-6-4-5-7-18(13)29-3/h4-11H,1-3H3. The van der Waals surface area contributed by atoms with Gasteiger partial charge in [0.25, 0.3) is 5.91 Å². The highest BCUT2D eigenvalue weighted by Gasteiger charge is 2.20. The van der Waals surface area contributed by atoms with Crippen LogP contribution in [0.25, 0.3) is 33.4 Å². The molecule has 0 N–H and O–H groups in total. The number of pyridine rings is 1. The summed E-state index contributed by atoms with van der Waals surface area (Å²) in [4.78, 5) is 18.8. The van der Waals surface area contributed by atoms with Crippen molar-refractivity contribution in [2.45, 2.75) is 0 Å². The largest absolute Gasteiger partial charge is 0.496 e. The molecule has 3 heterocycles. The summed E-state index contributed by atoms with van der Waals surface area (Å²) in [5.41, 5.74) is 4.94. The molecule has 0 aliphatic heterocycles.